The highest BCUT2D eigenvalue weighted by Gasteiger charge is 2.39. The van der Waals surface area contributed by atoms with Gasteiger partial charge in [0.15, 0.2) is 0 Å². The number of β-amino-alcohol motifs (C(OH)–C–C–N with tert-alkyl or cyclic N) is 1. The molecule has 4 amide bonds. The minimum atomic E-state index is -0.637. The highest BCUT2D eigenvalue weighted by Crippen LogP contribution is 2.25. The van der Waals surface area contributed by atoms with Crippen LogP contribution < -0.4 is 17.4 Å². The van der Waals surface area contributed by atoms with E-state index in [2.05, 4.69) is 11.7 Å². The molecule has 0 aliphatic carbocycles. The van der Waals surface area contributed by atoms with Crippen molar-refractivity contribution in [1.29, 1.82) is 0 Å². The lowest BCUT2D eigenvalue weighted by molar-refractivity contribution is 0.0531. The fourth-order valence-corrected chi connectivity index (χ4v) is 4.27. The molecule has 42 heavy (non-hydrogen) atoms. The minimum Gasteiger partial charge on any atom is -0.392 e. The molecule has 0 radical (unpaired) electrons. The fourth-order valence-electron chi connectivity index (χ4n) is 4.27. The zero-order valence-electron chi connectivity index (χ0n) is 23.6. The summed E-state index contributed by atoms with van der Waals surface area (Å²) in [5.74, 6) is 6.98. The molecule has 3 aliphatic rings. The molecule has 0 bridgehead atoms. The Morgan fingerprint density at radius 2 is 1.12 bits per heavy atom. The first-order valence-corrected chi connectivity index (χ1v) is 13.6. The van der Waals surface area contributed by atoms with Gasteiger partial charge in [0, 0.05) is 6.54 Å². The number of carbonyl (C=O) groups excluding carboxylic acids is 4. The molecule has 3 heterocycles. The van der Waals surface area contributed by atoms with Gasteiger partial charge in [0.2, 0.25) is 0 Å². The Balaban J connectivity index is 0.000000325. The predicted molar refractivity (Wildman–Crippen MR) is 159 cm³/mol. The van der Waals surface area contributed by atoms with Gasteiger partial charge in [-0.05, 0) is 37.1 Å². The van der Waals surface area contributed by atoms with Crippen molar-refractivity contribution in [1.82, 2.24) is 9.80 Å². The number of nitrogens with two attached hydrogens (primary N) is 3. The van der Waals surface area contributed by atoms with Crippen molar-refractivity contribution in [3.63, 3.8) is 0 Å². The number of benzene rings is 2. The number of carbonyl (C=O) groups is 4. The maximum absolute atomic E-state index is 11.9. The zero-order chi connectivity index (χ0) is 30.5. The van der Waals surface area contributed by atoms with Crippen LogP contribution in [0.1, 0.15) is 88.4 Å². The van der Waals surface area contributed by atoms with Gasteiger partial charge >= 0.3 is 0 Å². The summed E-state index contributed by atoms with van der Waals surface area (Å²) in [6.07, 6.45) is 2.39. The Labute approximate surface area is 247 Å². The smallest absolute Gasteiger partial charge is 0.261 e. The maximum Gasteiger partial charge on any atom is 0.261 e. The van der Waals surface area contributed by atoms with Gasteiger partial charge in [0.25, 0.3) is 23.6 Å². The van der Waals surface area contributed by atoms with E-state index >= 15 is 0 Å². The third kappa shape index (κ3) is 9.51. The molecule has 232 valence electrons. The number of fused-ring (bicyclic) bond motifs is 2. The standard InChI is InChI=1S/C13H15NO3.C11H9NO3.C5H13NO.CH4.H4N2/c1-2-5-9(15)8-14-12(16)10-6-3-4-7-11(10)13(14)17;13-10-8-3-1-2-4-9(8)11(14)12(10)5-7-6-15-7;1-2-3-5(7)4-6;;1-2/h3-4,6-7,9,15H,2,5,8H2,1H3;1-4,7H,5-6H2;5,7H,2-4,6H2,1H3;1H4;1-2H2. The molecule has 2 aromatic carbocycles. The Kier molecular flexibility index (Phi) is 15.7. The molecule has 2 aromatic rings. The monoisotopic (exact) mass is 587 g/mol. The Hall–Kier alpha value is -3.52. The minimum absolute atomic E-state index is 0. The summed E-state index contributed by atoms with van der Waals surface area (Å²) in [4.78, 5) is 49.9. The first-order chi connectivity index (χ1) is 19.7. The second-order valence-corrected chi connectivity index (χ2v) is 9.61. The number of nitrogens with zero attached hydrogens (tertiary/aromatic N) is 2. The molecule has 8 N–H and O–H groups in total. The van der Waals surface area contributed by atoms with E-state index in [9.17, 15) is 24.3 Å². The molecule has 3 unspecified atom stereocenters. The van der Waals surface area contributed by atoms with Gasteiger partial charge in [-0.2, -0.15) is 0 Å². The lowest BCUT2D eigenvalue weighted by atomic mass is 10.1. The van der Waals surface area contributed by atoms with Gasteiger partial charge < -0.3 is 20.7 Å². The van der Waals surface area contributed by atoms with Crippen molar-refractivity contribution >= 4 is 23.6 Å². The van der Waals surface area contributed by atoms with E-state index in [0.717, 1.165) is 24.2 Å². The van der Waals surface area contributed by atoms with Crippen LogP contribution in [0.4, 0.5) is 0 Å². The molecular formula is C30H45N5O7. The highest BCUT2D eigenvalue weighted by atomic mass is 16.6. The van der Waals surface area contributed by atoms with Crippen LogP contribution >= 0.6 is 0 Å². The number of hydrogen-bond donors (Lipinski definition) is 5. The topological polar surface area (TPSA) is 206 Å². The van der Waals surface area contributed by atoms with Crippen LogP contribution in [0, 0.1) is 0 Å². The quantitative estimate of drug-likeness (QED) is 0.124. The summed E-state index contributed by atoms with van der Waals surface area (Å²) >= 11 is 0. The second-order valence-electron chi connectivity index (χ2n) is 9.61. The molecule has 1 saturated heterocycles. The highest BCUT2D eigenvalue weighted by molar-refractivity contribution is 6.22. The molecule has 5 rings (SSSR count). The third-order valence-corrected chi connectivity index (χ3v) is 6.45. The van der Waals surface area contributed by atoms with E-state index in [1.807, 2.05) is 13.8 Å². The number of rotatable bonds is 9. The summed E-state index contributed by atoms with van der Waals surface area (Å²) in [5.41, 5.74) is 6.98. The number of ether oxygens (including phenoxy) is 1. The lowest BCUT2D eigenvalue weighted by Gasteiger charge is -2.17. The van der Waals surface area contributed by atoms with Crippen LogP contribution in [0.2, 0.25) is 0 Å². The average Bonchev–Trinajstić information content (AvgIpc) is 3.75. The first kappa shape index (κ1) is 36.5. The van der Waals surface area contributed by atoms with Gasteiger partial charge in [-0.15, -0.1) is 0 Å². The number of hydrazine groups is 1. The first-order valence-electron chi connectivity index (χ1n) is 13.6. The van der Waals surface area contributed by atoms with E-state index in [1.54, 1.807) is 48.5 Å². The molecule has 12 nitrogen and oxygen atoms in total. The van der Waals surface area contributed by atoms with E-state index < -0.39 is 6.10 Å². The number of hydrogen-bond acceptors (Lipinski definition) is 10. The molecular weight excluding hydrogens is 542 g/mol. The normalized spacial score (nSPS) is 17.4. The van der Waals surface area contributed by atoms with Crippen molar-refractivity contribution in [3.05, 3.63) is 70.8 Å². The van der Waals surface area contributed by atoms with E-state index in [0.29, 0.717) is 48.4 Å². The average molecular weight is 588 g/mol. The van der Waals surface area contributed by atoms with Crippen LogP contribution in [0.15, 0.2) is 48.5 Å². The van der Waals surface area contributed by atoms with Crippen molar-refractivity contribution in [2.75, 3.05) is 26.2 Å². The number of epoxide rings is 1. The summed E-state index contributed by atoms with van der Waals surface area (Å²) < 4.78 is 5.02. The van der Waals surface area contributed by atoms with Gasteiger partial charge in [0.05, 0.1) is 60.3 Å². The van der Waals surface area contributed by atoms with Crippen molar-refractivity contribution in [2.24, 2.45) is 17.4 Å². The molecule has 12 heteroatoms. The van der Waals surface area contributed by atoms with E-state index in [-0.39, 0.29) is 49.8 Å². The SMILES string of the molecule is C.CCCC(O)CN.CCCC(O)CN1C(=O)c2ccccc2C1=O.NN.O=C1c2ccccc2C(=O)N1CC1CO1. The largest absolute Gasteiger partial charge is 0.392 e. The van der Waals surface area contributed by atoms with Crippen LogP contribution in [0.5, 0.6) is 0 Å². The van der Waals surface area contributed by atoms with Crippen molar-refractivity contribution in [3.8, 4) is 0 Å². The number of aliphatic hydroxyl groups is 2. The molecule has 0 aromatic heterocycles. The van der Waals surface area contributed by atoms with Crippen LogP contribution in [0.25, 0.3) is 0 Å². The van der Waals surface area contributed by atoms with Gasteiger partial charge in [-0.3, -0.25) is 40.7 Å². The van der Waals surface area contributed by atoms with E-state index in [1.165, 1.54) is 4.90 Å². The number of amides is 4. The molecule has 1 fully saturated rings. The Morgan fingerprint density at radius 3 is 1.43 bits per heavy atom. The number of aliphatic hydroxyl groups excluding tert-OH is 2. The van der Waals surface area contributed by atoms with Gasteiger partial charge in [0.1, 0.15) is 0 Å². The van der Waals surface area contributed by atoms with Gasteiger partial charge in [-0.1, -0.05) is 58.4 Å². The van der Waals surface area contributed by atoms with Crippen LogP contribution in [0.3, 0.4) is 0 Å². The van der Waals surface area contributed by atoms with Gasteiger partial charge in [-0.25, -0.2) is 0 Å². The van der Waals surface area contributed by atoms with Crippen LogP contribution in [-0.4, -0.2) is 88.2 Å². The molecule has 3 aliphatic heterocycles. The molecule has 3 atom stereocenters. The summed E-state index contributed by atoms with van der Waals surface area (Å²) in [7, 11) is 0. The maximum atomic E-state index is 11.9. The number of imide groups is 2. The zero-order valence-corrected chi connectivity index (χ0v) is 23.6. The summed E-state index contributed by atoms with van der Waals surface area (Å²) in [6.45, 7) is 5.48. The summed E-state index contributed by atoms with van der Waals surface area (Å²) in [5, 5.41) is 18.4. The fraction of sp³-hybridized carbons (Fsp3) is 0.467. The lowest BCUT2D eigenvalue weighted by Crippen LogP contribution is -2.36. The second kappa shape index (κ2) is 18.1. The Bertz CT molecular complexity index is 1120. The Morgan fingerprint density at radius 1 is 0.762 bits per heavy atom. The third-order valence-electron chi connectivity index (χ3n) is 6.45. The summed E-state index contributed by atoms with van der Waals surface area (Å²) in [6, 6.07) is 13.6. The van der Waals surface area contributed by atoms with Crippen molar-refractivity contribution < 1.29 is 34.1 Å². The van der Waals surface area contributed by atoms with Crippen LogP contribution in [-0.2, 0) is 4.74 Å². The van der Waals surface area contributed by atoms with Crippen molar-refractivity contribution in [2.45, 2.75) is 65.3 Å². The predicted octanol–water partition coefficient (Wildman–Crippen LogP) is 1.69. The molecule has 0 spiro atoms. The molecule has 0 saturated carbocycles. The van der Waals surface area contributed by atoms with E-state index in [4.69, 9.17) is 15.6 Å².